The summed E-state index contributed by atoms with van der Waals surface area (Å²) in [6, 6.07) is 8.51. The summed E-state index contributed by atoms with van der Waals surface area (Å²) in [4.78, 5) is 2.06. The highest BCUT2D eigenvalue weighted by Gasteiger charge is 2.46. The molecule has 1 aromatic rings. The number of hydrogen-bond donors (Lipinski definition) is 1. The molecule has 1 saturated heterocycles. The SMILES string of the molecule is CC1CN(CC(F)(F)c2ccccc2)C2(CCCC2)CN1. The van der Waals surface area contributed by atoms with Gasteiger partial charge in [-0.1, -0.05) is 43.2 Å². The van der Waals surface area contributed by atoms with E-state index in [1.807, 2.05) is 0 Å². The lowest BCUT2D eigenvalue weighted by Gasteiger charge is -2.48. The first-order valence-electron chi connectivity index (χ1n) is 7.94. The highest BCUT2D eigenvalue weighted by Crippen LogP contribution is 2.40. The third-order valence-electron chi connectivity index (χ3n) is 5.06. The van der Waals surface area contributed by atoms with E-state index >= 15 is 0 Å². The van der Waals surface area contributed by atoms with Gasteiger partial charge in [0.25, 0.3) is 5.92 Å². The van der Waals surface area contributed by atoms with Gasteiger partial charge in [-0.3, -0.25) is 4.90 Å². The van der Waals surface area contributed by atoms with Gasteiger partial charge in [0.1, 0.15) is 0 Å². The number of alkyl halides is 2. The molecule has 116 valence electrons. The Morgan fingerprint density at radius 2 is 1.90 bits per heavy atom. The lowest BCUT2D eigenvalue weighted by atomic mass is 9.90. The molecule has 2 fully saturated rings. The van der Waals surface area contributed by atoms with E-state index in [0.29, 0.717) is 6.54 Å². The summed E-state index contributed by atoms with van der Waals surface area (Å²) in [5.41, 5.74) is 0.0781. The lowest BCUT2D eigenvalue weighted by Crippen LogP contribution is -2.64. The molecule has 1 aromatic carbocycles. The summed E-state index contributed by atoms with van der Waals surface area (Å²) in [7, 11) is 0. The first-order chi connectivity index (χ1) is 10.0. The van der Waals surface area contributed by atoms with Crippen molar-refractivity contribution in [2.75, 3.05) is 19.6 Å². The molecule has 2 aliphatic rings. The van der Waals surface area contributed by atoms with E-state index < -0.39 is 5.92 Å². The zero-order valence-electron chi connectivity index (χ0n) is 12.6. The van der Waals surface area contributed by atoms with Crippen LogP contribution in [0.1, 0.15) is 38.2 Å². The van der Waals surface area contributed by atoms with Crippen molar-refractivity contribution in [1.82, 2.24) is 10.2 Å². The highest BCUT2D eigenvalue weighted by atomic mass is 19.3. The van der Waals surface area contributed by atoms with Crippen molar-refractivity contribution >= 4 is 0 Å². The summed E-state index contributed by atoms with van der Waals surface area (Å²) in [5.74, 6) is -2.78. The predicted molar refractivity (Wildman–Crippen MR) is 80.6 cm³/mol. The molecule has 1 aliphatic heterocycles. The summed E-state index contributed by atoms with van der Waals surface area (Å²) < 4.78 is 29.3. The molecule has 1 aliphatic carbocycles. The Bertz CT molecular complexity index is 469. The summed E-state index contributed by atoms with van der Waals surface area (Å²) in [5, 5.41) is 3.48. The number of halogens is 2. The number of benzene rings is 1. The molecule has 0 radical (unpaired) electrons. The van der Waals surface area contributed by atoms with Crippen LogP contribution in [-0.2, 0) is 5.92 Å². The fourth-order valence-electron chi connectivity index (χ4n) is 3.84. The molecule has 0 aromatic heterocycles. The zero-order valence-corrected chi connectivity index (χ0v) is 12.6. The number of hydrogen-bond acceptors (Lipinski definition) is 2. The molecule has 2 nitrogen and oxygen atoms in total. The standard InChI is InChI=1S/C17H24F2N2/c1-14-11-21(16(12-20-14)9-5-6-10-16)13-17(18,19)15-7-3-2-4-8-15/h2-4,7-8,14,20H,5-6,9-13H2,1H3. The van der Waals surface area contributed by atoms with Gasteiger partial charge in [-0.25, -0.2) is 0 Å². The van der Waals surface area contributed by atoms with Gasteiger partial charge in [-0.05, 0) is 19.8 Å². The number of rotatable bonds is 3. The third-order valence-corrected chi connectivity index (χ3v) is 5.06. The highest BCUT2D eigenvalue weighted by molar-refractivity contribution is 5.21. The Balaban J connectivity index is 1.80. The Kier molecular flexibility index (Phi) is 4.02. The maximum absolute atomic E-state index is 14.6. The fraction of sp³-hybridized carbons (Fsp3) is 0.647. The first-order valence-corrected chi connectivity index (χ1v) is 7.94. The Labute approximate surface area is 125 Å². The minimum Gasteiger partial charge on any atom is -0.311 e. The Morgan fingerprint density at radius 1 is 1.24 bits per heavy atom. The average Bonchev–Trinajstić information content (AvgIpc) is 2.94. The predicted octanol–water partition coefficient (Wildman–Crippen LogP) is 3.38. The second-order valence-corrected chi connectivity index (χ2v) is 6.66. The van der Waals surface area contributed by atoms with E-state index in [0.717, 1.165) is 32.2 Å². The van der Waals surface area contributed by atoms with E-state index in [2.05, 4.69) is 17.1 Å². The maximum Gasteiger partial charge on any atom is 0.285 e. The quantitative estimate of drug-likeness (QED) is 0.919. The third kappa shape index (κ3) is 2.97. The van der Waals surface area contributed by atoms with Crippen LogP contribution in [0.5, 0.6) is 0 Å². The molecule has 1 heterocycles. The molecule has 0 bridgehead atoms. The van der Waals surface area contributed by atoms with Gasteiger partial charge in [0, 0.05) is 30.2 Å². The fourth-order valence-corrected chi connectivity index (χ4v) is 3.84. The molecule has 21 heavy (non-hydrogen) atoms. The smallest absolute Gasteiger partial charge is 0.285 e. The van der Waals surface area contributed by atoms with Crippen LogP contribution in [0.15, 0.2) is 30.3 Å². The van der Waals surface area contributed by atoms with E-state index in [4.69, 9.17) is 0 Å². The van der Waals surface area contributed by atoms with Crippen LogP contribution in [0, 0.1) is 0 Å². The van der Waals surface area contributed by atoms with Crippen LogP contribution in [-0.4, -0.2) is 36.1 Å². The van der Waals surface area contributed by atoms with Crippen LogP contribution in [0.3, 0.4) is 0 Å². The molecular formula is C17H24F2N2. The van der Waals surface area contributed by atoms with Crippen molar-refractivity contribution in [1.29, 1.82) is 0 Å². The van der Waals surface area contributed by atoms with Gasteiger partial charge in [0.05, 0.1) is 6.54 Å². The van der Waals surface area contributed by atoms with E-state index in [-0.39, 0.29) is 23.7 Å². The topological polar surface area (TPSA) is 15.3 Å². The van der Waals surface area contributed by atoms with Crippen LogP contribution in [0.25, 0.3) is 0 Å². The summed E-state index contributed by atoms with van der Waals surface area (Å²) in [6.45, 7) is 3.47. The Morgan fingerprint density at radius 3 is 2.57 bits per heavy atom. The van der Waals surface area contributed by atoms with Gasteiger partial charge >= 0.3 is 0 Å². The monoisotopic (exact) mass is 294 g/mol. The van der Waals surface area contributed by atoms with E-state index in [1.165, 1.54) is 12.1 Å². The van der Waals surface area contributed by atoms with Gasteiger partial charge in [-0.2, -0.15) is 8.78 Å². The van der Waals surface area contributed by atoms with Crippen molar-refractivity contribution in [2.24, 2.45) is 0 Å². The van der Waals surface area contributed by atoms with Crippen molar-refractivity contribution < 1.29 is 8.78 Å². The summed E-state index contributed by atoms with van der Waals surface area (Å²) >= 11 is 0. The van der Waals surface area contributed by atoms with Gasteiger partial charge in [0.2, 0.25) is 0 Å². The normalized spacial score (nSPS) is 26.3. The molecular weight excluding hydrogens is 270 g/mol. The van der Waals surface area contributed by atoms with E-state index in [9.17, 15) is 8.78 Å². The van der Waals surface area contributed by atoms with Crippen LogP contribution in [0.2, 0.25) is 0 Å². The average molecular weight is 294 g/mol. The molecule has 1 saturated carbocycles. The van der Waals surface area contributed by atoms with Crippen molar-refractivity contribution in [3.63, 3.8) is 0 Å². The second-order valence-electron chi connectivity index (χ2n) is 6.66. The minimum absolute atomic E-state index is 0.0509. The zero-order chi connectivity index (χ0) is 14.9. The lowest BCUT2D eigenvalue weighted by molar-refractivity contribution is -0.0787. The van der Waals surface area contributed by atoms with Crippen molar-refractivity contribution in [2.45, 2.75) is 50.1 Å². The minimum atomic E-state index is -2.78. The molecule has 1 unspecified atom stereocenters. The summed E-state index contributed by atoms with van der Waals surface area (Å²) in [6.07, 6.45) is 4.39. The molecule has 1 spiro atoms. The Hall–Kier alpha value is -1.00. The van der Waals surface area contributed by atoms with Crippen molar-refractivity contribution in [3.05, 3.63) is 35.9 Å². The van der Waals surface area contributed by atoms with E-state index in [1.54, 1.807) is 18.2 Å². The molecule has 3 rings (SSSR count). The molecule has 1 N–H and O–H groups in total. The van der Waals surface area contributed by atoms with Crippen LogP contribution < -0.4 is 5.32 Å². The van der Waals surface area contributed by atoms with Crippen molar-refractivity contribution in [3.8, 4) is 0 Å². The van der Waals surface area contributed by atoms with Gasteiger partial charge in [-0.15, -0.1) is 0 Å². The second kappa shape index (κ2) is 5.65. The van der Waals surface area contributed by atoms with Gasteiger partial charge in [0.15, 0.2) is 0 Å². The number of nitrogens with zero attached hydrogens (tertiary/aromatic N) is 1. The maximum atomic E-state index is 14.6. The molecule has 1 atom stereocenters. The largest absolute Gasteiger partial charge is 0.311 e. The number of piperazine rings is 1. The number of nitrogens with one attached hydrogen (secondary N) is 1. The van der Waals surface area contributed by atoms with Crippen LogP contribution in [0.4, 0.5) is 8.78 Å². The first kappa shape index (κ1) is 14.9. The van der Waals surface area contributed by atoms with Crippen LogP contribution >= 0.6 is 0 Å². The molecule has 0 amide bonds. The van der Waals surface area contributed by atoms with Gasteiger partial charge < -0.3 is 5.32 Å². The molecule has 4 heteroatoms.